The summed E-state index contributed by atoms with van der Waals surface area (Å²) in [5.74, 6) is 0.836. The molecule has 1 aromatic heterocycles. The Morgan fingerprint density at radius 2 is 2.00 bits per heavy atom. The van der Waals surface area contributed by atoms with Gasteiger partial charge in [0, 0.05) is 11.6 Å². The second-order valence-electron chi connectivity index (χ2n) is 7.40. The van der Waals surface area contributed by atoms with Crippen LogP contribution in [0.25, 0.3) is 11.0 Å². The molecule has 30 heavy (non-hydrogen) atoms. The molecule has 2 atom stereocenters. The third-order valence-electron chi connectivity index (χ3n) is 5.37. The minimum absolute atomic E-state index is 0.141. The fourth-order valence-electron chi connectivity index (χ4n) is 3.64. The zero-order valence-electron chi connectivity index (χ0n) is 16.7. The lowest BCUT2D eigenvalue weighted by Gasteiger charge is -2.17. The number of benzene rings is 2. The maximum Gasteiger partial charge on any atom is 0.251 e. The van der Waals surface area contributed by atoms with Crippen molar-refractivity contribution in [3.8, 4) is 0 Å². The average Bonchev–Trinajstić information content (AvgIpc) is 3.56. The van der Waals surface area contributed by atoms with E-state index in [9.17, 15) is 19.6 Å². The number of carbonyl (C=O) groups is 1. The number of carbonyl (C=O) groups excluding carboxylic acids is 1. The number of fused-ring (bicyclic) bond motifs is 1. The molecule has 0 spiro atoms. The van der Waals surface area contributed by atoms with E-state index in [2.05, 4.69) is 14.9 Å². The van der Waals surface area contributed by atoms with Crippen molar-refractivity contribution in [2.45, 2.75) is 43.4 Å². The van der Waals surface area contributed by atoms with Gasteiger partial charge in [-0.3, -0.25) is 4.79 Å². The summed E-state index contributed by atoms with van der Waals surface area (Å²) < 4.78 is 13.9. The van der Waals surface area contributed by atoms with Crippen LogP contribution in [0, 0.1) is 0 Å². The lowest BCUT2D eigenvalue weighted by Crippen LogP contribution is -2.30. The molecule has 8 heteroatoms. The van der Waals surface area contributed by atoms with E-state index < -0.39 is 17.2 Å². The molecule has 0 aliphatic heterocycles. The van der Waals surface area contributed by atoms with Crippen molar-refractivity contribution in [3.63, 3.8) is 0 Å². The molecule has 4 rings (SSSR count). The molecule has 0 radical (unpaired) electrons. The molecule has 2 unspecified atom stereocenters. The highest BCUT2D eigenvalue weighted by Crippen LogP contribution is 2.38. The highest BCUT2D eigenvalue weighted by molar-refractivity contribution is 7.91. The molecule has 1 aliphatic rings. The third-order valence-corrected chi connectivity index (χ3v) is 6.70. The first-order chi connectivity index (χ1) is 14.5. The van der Waals surface area contributed by atoms with Crippen LogP contribution < -0.4 is 5.32 Å². The predicted molar refractivity (Wildman–Crippen MR) is 115 cm³/mol. The fraction of sp³-hybridized carbons (Fsp3) is 0.364. The molecule has 0 saturated heterocycles. The summed E-state index contributed by atoms with van der Waals surface area (Å²) >= 11 is -1.04. The zero-order chi connectivity index (χ0) is 21.3. The Kier molecular flexibility index (Phi) is 6.10. The van der Waals surface area contributed by atoms with Crippen LogP contribution in [0.1, 0.15) is 53.6 Å². The van der Waals surface area contributed by atoms with Gasteiger partial charge in [-0.25, -0.2) is 4.98 Å². The van der Waals surface area contributed by atoms with Gasteiger partial charge in [-0.1, -0.05) is 12.1 Å². The normalized spacial score (nSPS) is 15.9. The SMILES string of the molecule is CC[S+]([O-])c1ccc(C(CO)NC(=O)c2ccc3c(c2)nc(CO)n3C2CC2)cc1. The van der Waals surface area contributed by atoms with Crippen molar-refractivity contribution in [3.05, 3.63) is 59.4 Å². The molecule has 1 amide bonds. The number of nitrogens with one attached hydrogen (secondary N) is 1. The van der Waals surface area contributed by atoms with Gasteiger partial charge >= 0.3 is 0 Å². The number of aliphatic hydroxyl groups excluding tert-OH is 2. The highest BCUT2D eigenvalue weighted by Gasteiger charge is 2.28. The molecule has 3 aromatic rings. The van der Waals surface area contributed by atoms with Crippen molar-refractivity contribution >= 4 is 28.1 Å². The van der Waals surface area contributed by atoms with Gasteiger partial charge < -0.3 is 24.6 Å². The second kappa shape index (κ2) is 8.77. The van der Waals surface area contributed by atoms with E-state index in [-0.39, 0.29) is 19.1 Å². The number of nitrogens with zero attached hydrogens (tertiary/aromatic N) is 2. The number of hydrogen-bond acceptors (Lipinski definition) is 5. The zero-order valence-corrected chi connectivity index (χ0v) is 17.6. The van der Waals surface area contributed by atoms with Crippen LogP contribution in [0.5, 0.6) is 0 Å². The van der Waals surface area contributed by atoms with Crippen LogP contribution in [0.2, 0.25) is 0 Å². The Morgan fingerprint density at radius 3 is 2.60 bits per heavy atom. The van der Waals surface area contributed by atoms with Gasteiger partial charge in [0.05, 0.1) is 23.7 Å². The summed E-state index contributed by atoms with van der Waals surface area (Å²) in [6, 6.07) is 12.2. The van der Waals surface area contributed by atoms with Crippen molar-refractivity contribution in [2.24, 2.45) is 0 Å². The summed E-state index contributed by atoms with van der Waals surface area (Å²) in [7, 11) is 0. The molecule has 1 fully saturated rings. The maximum absolute atomic E-state index is 12.8. The van der Waals surface area contributed by atoms with E-state index in [0.717, 1.165) is 28.8 Å². The summed E-state index contributed by atoms with van der Waals surface area (Å²) in [6.07, 6.45) is 2.15. The fourth-order valence-corrected chi connectivity index (χ4v) is 4.41. The molecule has 1 heterocycles. The first kappa shape index (κ1) is 20.9. The highest BCUT2D eigenvalue weighted by atomic mass is 32.2. The lowest BCUT2D eigenvalue weighted by molar-refractivity contribution is 0.0916. The van der Waals surface area contributed by atoms with Gasteiger partial charge in [-0.2, -0.15) is 0 Å². The predicted octanol–water partition coefficient (Wildman–Crippen LogP) is 2.45. The molecule has 1 saturated carbocycles. The number of rotatable bonds is 8. The Morgan fingerprint density at radius 1 is 1.27 bits per heavy atom. The lowest BCUT2D eigenvalue weighted by atomic mass is 10.1. The van der Waals surface area contributed by atoms with Crippen LogP contribution in [0.3, 0.4) is 0 Å². The summed E-state index contributed by atoms with van der Waals surface area (Å²) in [5, 5.41) is 22.3. The van der Waals surface area contributed by atoms with Gasteiger partial charge in [-0.05, 0) is 66.8 Å². The molecule has 1 aliphatic carbocycles. The van der Waals surface area contributed by atoms with Gasteiger partial charge in [0.2, 0.25) is 0 Å². The molecule has 7 nitrogen and oxygen atoms in total. The smallest absolute Gasteiger partial charge is 0.251 e. The summed E-state index contributed by atoms with van der Waals surface area (Å²) in [6.45, 7) is 1.46. The van der Waals surface area contributed by atoms with E-state index in [4.69, 9.17) is 0 Å². The first-order valence-electron chi connectivity index (χ1n) is 10.1. The Balaban J connectivity index is 1.54. The average molecular weight is 428 g/mol. The minimum atomic E-state index is -1.04. The van der Waals surface area contributed by atoms with Gasteiger partial charge in [0.1, 0.15) is 18.2 Å². The van der Waals surface area contributed by atoms with Crippen LogP contribution in [-0.4, -0.2) is 42.6 Å². The van der Waals surface area contributed by atoms with E-state index in [1.165, 1.54) is 0 Å². The number of imidazole rings is 1. The van der Waals surface area contributed by atoms with E-state index in [1.54, 1.807) is 36.4 Å². The van der Waals surface area contributed by atoms with Crippen LogP contribution >= 0.6 is 0 Å². The molecule has 2 aromatic carbocycles. The number of aliphatic hydroxyl groups is 2. The van der Waals surface area contributed by atoms with E-state index >= 15 is 0 Å². The third kappa shape index (κ3) is 4.09. The van der Waals surface area contributed by atoms with Gasteiger partial charge in [0.25, 0.3) is 5.91 Å². The molecular formula is C22H25N3O4S. The number of hydrogen-bond donors (Lipinski definition) is 3. The monoisotopic (exact) mass is 427 g/mol. The van der Waals surface area contributed by atoms with Crippen molar-refractivity contribution < 1.29 is 19.6 Å². The topological polar surface area (TPSA) is 110 Å². The van der Waals surface area contributed by atoms with Crippen LogP contribution in [-0.2, 0) is 17.8 Å². The molecule has 158 valence electrons. The van der Waals surface area contributed by atoms with E-state index in [1.807, 2.05) is 13.0 Å². The van der Waals surface area contributed by atoms with Gasteiger partial charge in [0.15, 0.2) is 4.90 Å². The van der Waals surface area contributed by atoms with Crippen molar-refractivity contribution in [2.75, 3.05) is 12.4 Å². The van der Waals surface area contributed by atoms with Crippen molar-refractivity contribution in [1.82, 2.24) is 14.9 Å². The Hall–Kier alpha value is -2.39. The molecule has 0 bridgehead atoms. The van der Waals surface area contributed by atoms with Gasteiger partial charge in [-0.15, -0.1) is 0 Å². The van der Waals surface area contributed by atoms with Crippen LogP contribution in [0.15, 0.2) is 47.4 Å². The number of amides is 1. The first-order valence-corrected chi connectivity index (χ1v) is 11.4. The standard InChI is InChI=1S/C22H25N3O4S/c1-2-30(29)17-8-3-14(4-9-17)19(12-26)24-22(28)15-5-10-20-18(11-15)23-21(13-27)25(20)16-6-7-16/h3-5,8-11,16,19,26-27H,2,6-7,12-13H2,1H3,(H,24,28). The quantitative estimate of drug-likeness (QED) is 0.478. The summed E-state index contributed by atoms with van der Waals surface area (Å²) in [4.78, 5) is 18.0. The Bertz CT molecular complexity index is 1050. The molecular weight excluding hydrogens is 402 g/mol. The number of aromatic nitrogens is 2. The van der Waals surface area contributed by atoms with Crippen molar-refractivity contribution in [1.29, 1.82) is 0 Å². The molecule has 3 N–H and O–H groups in total. The summed E-state index contributed by atoms with van der Waals surface area (Å²) in [5.41, 5.74) is 2.76. The largest absolute Gasteiger partial charge is 0.611 e. The minimum Gasteiger partial charge on any atom is -0.611 e. The van der Waals surface area contributed by atoms with Crippen LogP contribution in [0.4, 0.5) is 0 Å². The van der Waals surface area contributed by atoms with E-state index in [0.29, 0.717) is 28.7 Å². The maximum atomic E-state index is 12.8. The Labute approximate surface area is 177 Å². The second-order valence-corrected chi connectivity index (χ2v) is 9.14.